The molecule has 92 valence electrons. The Kier molecular flexibility index (Phi) is 3.19. The summed E-state index contributed by atoms with van der Waals surface area (Å²) in [6.07, 6.45) is 0. The number of hydrogen-bond donors (Lipinski definition) is 2. The number of rotatable bonds is 2. The molecule has 0 spiro atoms. The number of benzene rings is 2. The van der Waals surface area contributed by atoms with E-state index in [1.54, 1.807) is 18.2 Å². The maximum absolute atomic E-state index is 11.8. The number of carbonyl (C=O) groups is 1. The molecule has 0 saturated heterocycles. The van der Waals surface area contributed by atoms with Gasteiger partial charge in [-0.25, -0.2) is 4.79 Å². The van der Waals surface area contributed by atoms with Crippen molar-refractivity contribution >= 4 is 5.97 Å². The van der Waals surface area contributed by atoms with Gasteiger partial charge >= 0.3 is 5.97 Å². The van der Waals surface area contributed by atoms with Gasteiger partial charge in [0.15, 0.2) is 11.5 Å². The van der Waals surface area contributed by atoms with E-state index in [4.69, 9.17) is 4.74 Å². The van der Waals surface area contributed by atoms with Crippen LogP contribution in [0.2, 0.25) is 0 Å². The van der Waals surface area contributed by atoms with Crippen molar-refractivity contribution in [2.75, 3.05) is 0 Å². The molecule has 0 heterocycles. The molecular formula is C14H12O4. The lowest BCUT2D eigenvalue weighted by Gasteiger charge is -2.08. The van der Waals surface area contributed by atoms with Gasteiger partial charge in [-0.2, -0.15) is 0 Å². The van der Waals surface area contributed by atoms with Gasteiger partial charge < -0.3 is 14.9 Å². The Morgan fingerprint density at radius 3 is 2.28 bits per heavy atom. The van der Waals surface area contributed by atoms with Gasteiger partial charge in [-0.3, -0.25) is 0 Å². The van der Waals surface area contributed by atoms with Crippen molar-refractivity contribution in [3.05, 3.63) is 53.6 Å². The minimum absolute atomic E-state index is 0.232. The summed E-state index contributed by atoms with van der Waals surface area (Å²) in [7, 11) is 0. The number of phenols is 2. The first-order chi connectivity index (χ1) is 8.58. The average Bonchev–Trinajstić information content (AvgIpc) is 2.34. The summed E-state index contributed by atoms with van der Waals surface area (Å²) in [6, 6.07) is 11.0. The van der Waals surface area contributed by atoms with Crippen molar-refractivity contribution in [2.45, 2.75) is 6.92 Å². The zero-order chi connectivity index (χ0) is 13.1. The van der Waals surface area contributed by atoms with Crippen LogP contribution in [0.3, 0.4) is 0 Å². The predicted octanol–water partition coefficient (Wildman–Crippen LogP) is 2.63. The largest absolute Gasteiger partial charge is 0.504 e. The van der Waals surface area contributed by atoms with Gasteiger partial charge in [0.05, 0.1) is 5.56 Å². The van der Waals surface area contributed by atoms with E-state index < -0.39 is 5.97 Å². The first kappa shape index (κ1) is 12.0. The van der Waals surface area contributed by atoms with E-state index in [0.717, 1.165) is 5.56 Å². The quantitative estimate of drug-likeness (QED) is 0.629. The molecule has 0 aliphatic rings. The summed E-state index contributed by atoms with van der Waals surface area (Å²) >= 11 is 0. The molecular weight excluding hydrogens is 232 g/mol. The third-order valence-corrected chi connectivity index (χ3v) is 2.42. The first-order valence-corrected chi connectivity index (χ1v) is 5.37. The smallest absolute Gasteiger partial charge is 0.343 e. The molecule has 0 amide bonds. The van der Waals surface area contributed by atoms with Crippen LogP contribution in [0.1, 0.15) is 15.9 Å². The lowest BCUT2D eigenvalue weighted by molar-refractivity contribution is 0.0724. The SMILES string of the molecule is Cc1cccc(C(=O)Oc2c(O)cccc2O)c1. The topological polar surface area (TPSA) is 66.8 Å². The lowest BCUT2D eigenvalue weighted by atomic mass is 10.1. The van der Waals surface area contributed by atoms with Crippen LogP contribution in [0.15, 0.2) is 42.5 Å². The minimum atomic E-state index is -0.629. The minimum Gasteiger partial charge on any atom is -0.504 e. The lowest BCUT2D eigenvalue weighted by Crippen LogP contribution is -2.08. The highest BCUT2D eigenvalue weighted by Gasteiger charge is 2.14. The van der Waals surface area contributed by atoms with Gasteiger partial charge in [0.25, 0.3) is 0 Å². The van der Waals surface area contributed by atoms with Crippen molar-refractivity contribution in [2.24, 2.45) is 0 Å². The summed E-state index contributed by atoms with van der Waals surface area (Å²) in [4.78, 5) is 11.8. The third kappa shape index (κ3) is 2.43. The van der Waals surface area contributed by atoms with Crippen LogP contribution in [0, 0.1) is 6.92 Å². The summed E-state index contributed by atoms with van der Waals surface area (Å²) in [6.45, 7) is 1.86. The number of aromatic hydroxyl groups is 2. The Hall–Kier alpha value is -2.49. The van der Waals surface area contributed by atoms with Crippen LogP contribution < -0.4 is 4.74 Å². The van der Waals surface area contributed by atoms with Gasteiger partial charge in [0.2, 0.25) is 5.75 Å². The van der Waals surface area contributed by atoms with Crippen molar-refractivity contribution < 1.29 is 19.7 Å². The molecule has 0 saturated carbocycles. The van der Waals surface area contributed by atoms with E-state index in [1.807, 2.05) is 13.0 Å². The number of aryl methyl sites for hydroxylation is 1. The zero-order valence-electron chi connectivity index (χ0n) is 9.75. The van der Waals surface area contributed by atoms with E-state index in [9.17, 15) is 15.0 Å². The summed E-state index contributed by atoms with van der Waals surface area (Å²) < 4.78 is 4.98. The van der Waals surface area contributed by atoms with Crippen molar-refractivity contribution in [3.63, 3.8) is 0 Å². The molecule has 2 aromatic carbocycles. The van der Waals surface area contributed by atoms with E-state index >= 15 is 0 Å². The van der Waals surface area contributed by atoms with Crippen molar-refractivity contribution in [1.82, 2.24) is 0 Å². The molecule has 0 fully saturated rings. The maximum atomic E-state index is 11.8. The fourth-order valence-corrected chi connectivity index (χ4v) is 1.54. The number of hydrogen-bond acceptors (Lipinski definition) is 4. The van der Waals surface area contributed by atoms with Crippen LogP contribution >= 0.6 is 0 Å². The van der Waals surface area contributed by atoms with Crippen LogP contribution in [0.5, 0.6) is 17.2 Å². The Morgan fingerprint density at radius 1 is 1.06 bits per heavy atom. The molecule has 0 aliphatic heterocycles. The van der Waals surface area contributed by atoms with Crippen LogP contribution in [-0.2, 0) is 0 Å². The van der Waals surface area contributed by atoms with Crippen molar-refractivity contribution in [3.8, 4) is 17.2 Å². The molecule has 0 aromatic heterocycles. The molecule has 0 atom stereocenters. The van der Waals surface area contributed by atoms with Crippen LogP contribution in [0.25, 0.3) is 0 Å². The second-order valence-electron chi connectivity index (χ2n) is 3.88. The number of ether oxygens (including phenoxy) is 1. The number of carbonyl (C=O) groups excluding carboxylic acids is 1. The molecule has 18 heavy (non-hydrogen) atoms. The zero-order valence-corrected chi connectivity index (χ0v) is 9.75. The van der Waals surface area contributed by atoms with E-state index in [2.05, 4.69) is 0 Å². The van der Waals surface area contributed by atoms with Gasteiger partial charge in [-0.15, -0.1) is 0 Å². The number of para-hydroxylation sites is 1. The third-order valence-electron chi connectivity index (χ3n) is 2.42. The standard InChI is InChI=1S/C14H12O4/c1-9-4-2-5-10(8-9)14(17)18-13-11(15)6-3-7-12(13)16/h2-8,15-16H,1H3. The highest BCUT2D eigenvalue weighted by Crippen LogP contribution is 2.35. The van der Waals surface area contributed by atoms with Crippen molar-refractivity contribution in [1.29, 1.82) is 0 Å². The molecule has 2 N–H and O–H groups in total. The summed E-state index contributed by atoms with van der Waals surface area (Å²) in [5.74, 6) is -1.42. The van der Waals surface area contributed by atoms with Gasteiger partial charge in [-0.1, -0.05) is 23.8 Å². The molecule has 4 nitrogen and oxygen atoms in total. The van der Waals surface area contributed by atoms with Crippen LogP contribution in [-0.4, -0.2) is 16.2 Å². The molecule has 0 aliphatic carbocycles. The number of phenolic OH excluding ortho intramolecular Hbond substituents is 2. The van der Waals surface area contributed by atoms with E-state index in [-0.39, 0.29) is 17.2 Å². The highest BCUT2D eigenvalue weighted by molar-refractivity contribution is 5.91. The molecule has 4 heteroatoms. The van der Waals surface area contributed by atoms with Gasteiger partial charge in [0.1, 0.15) is 0 Å². The van der Waals surface area contributed by atoms with E-state index in [0.29, 0.717) is 5.56 Å². The van der Waals surface area contributed by atoms with Crippen LogP contribution in [0.4, 0.5) is 0 Å². The summed E-state index contributed by atoms with van der Waals surface area (Å²) in [5.41, 5.74) is 1.28. The molecule has 2 rings (SSSR count). The second kappa shape index (κ2) is 4.79. The average molecular weight is 244 g/mol. The maximum Gasteiger partial charge on any atom is 0.343 e. The molecule has 2 aromatic rings. The number of esters is 1. The molecule has 0 bridgehead atoms. The van der Waals surface area contributed by atoms with Gasteiger partial charge in [-0.05, 0) is 31.2 Å². The normalized spacial score (nSPS) is 10.1. The second-order valence-corrected chi connectivity index (χ2v) is 3.88. The molecule has 0 unspecified atom stereocenters. The fourth-order valence-electron chi connectivity index (χ4n) is 1.54. The van der Waals surface area contributed by atoms with Gasteiger partial charge in [0, 0.05) is 0 Å². The Morgan fingerprint density at radius 2 is 1.67 bits per heavy atom. The van der Waals surface area contributed by atoms with E-state index in [1.165, 1.54) is 18.2 Å². The fraction of sp³-hybridized carbons (Fsp3) is 0.0714. The Balaban J connectivity index is 2.27. The highest BCUT2D eigenvalue weighted by atomic mass is 16.5. The Bertz CT molecular complexity index is 570. The molecule has 0 radical (unpaired) electrons. The summed E-state index contributed by atoms with van der Waals surface area (Å²) in [5, 5.41) is 19.0. The first-order valence-electron chi connectivity index (χ1n) is 5.37. The Labute approximate surface area is 104 Å². The predicted molar refractivity (Wildman–Crippen MR) is 65.9 cm³/mol. The monoisotopic (exact) mass is 244 g/mol.